The van der Waals surface area contributed by atoms with Crippen LogP contribution in [0.15, 0.2) is 11.4 Å². The molecule has 15 heavy (non-hydrogen) atoms. The van der Waals surface area contributed by atoms with Crippen LogP contribution in [0.5, 0.6) is 0 Å². The lowest BCUT2D eigenvalue weighted by Gasteiger charge is -2.17. The third-order valence-corrected chi connectivity index (χ3v) is 1.38. The maximum atomic E-state index is 12.2. The number of alkyl halides is 9. The molecule has 0 aromatic rings. The molecule has 10 heteroatoms. The first-order valence-corrected chi connectivity index (χ1v) is 3.68. The Morgan fingerprint density at radius 1 is 0.733 bits per heavy atom. The molecule has 0 saturated carbocycles. The predicted molar refractivity (Wildman–Crippen MR) is 34.1 cm³/mol. The molecule has 0 bridgehead atoms. The van der Waals surface area contributed by atoms with Gasteiger partial charge in [-0.3, -0.25) is 0 Å². The van der Waals surface area contributed by atoms with Crippen molar-refractivity contribution in [2.45, 2.75) is 17.2 Å². The second-order valence-corrected chi connectivity index (χ2v) is 3.18. The third kappa shape index (κ3) is 3.92. The van der Waals surface area contributed by atoms with E-state index in [1.807, 2.05) is 0 Å². The summed E-state index contributed by atoms with van der Waals surface area (Å²) in [4.78, 5) is -5.02. The molecule has 0 radical (unpaired) electrons. The zero-order valence-electron chi connectivity index (χ0n) is 6.28. The van der Waals surface area contributed by atoms with Crippen LogP contribution in [0, 0.1) is 0 Å². The fourth-order valence-electron chi connectivity index (χ4n) is 0.551. The SMILES string of the molecule is FC(=C(C(F)(F)F)C(F)(F)F)C(F)(F)Br. The lowest BCUT2D eigenvalue weighted by molar-refractivity contribution is -0.176. The Morgan fingerprint density at radius 3 is 1.07 bits per heavy atom. The van der Waals surface area contributed by atoms with Crippen LogP contribution in [0.1, 0.15) is 0 Å². The molecule has 0 atom stereocenters. The lowest BCUT2D eigenvalue weighted by Crippen LogP contribution is -2.30. The van der Waals surface area contributed by atoms with Crippen LogP contribution in [0.3, 0.4) is 0 Å². The maximum absolute atomic E-state index is 12.2. The summed E-state index contributed by atoms with van der Waals surface area (Å²) in [6.45, 7) is 0. The van der Waals surface area contributed by atoms with Crippen molar-refractivity contribution in [3.8, 4) is 0 Å². The van der Waals surface area contributed by atoms with Crippen LogP contribution in [-0.4, -0.2) is 17.2 Å². The van der Waals surface area contributed by atoms with Gasteiger partial charge in [0.15, 0.2) is 11.4 Å². The number of hydrogen-bond acceptors (Lipinski definition) is 0. The average Bonchev–Trinajstić information content (AvgIpc) is 1.76. The van der Waals surface area contributed by atoms with E-state index in [1.165, 1.54) is 0 Å². The minimum absolute atomic E-state index is 1.06. The molecular formula is C5BrF9. The van der Waals surface area contributed by atoms with E-state index in [1.54, 1.807) is 0 Å². The van der Waals surface area contributed by atoms with E-state index in [9.17, 15) is 39.5 Å². The minimum Gasteiger partial charge on any atom is -0.203 e. The van der Waals surface area contributed by atoms with Gasteiger partial charge in [0.05, 0.1) is 0 Å². The molecule has 0 heterocycles. The van der Waals surface area contributed by atoms with Crippen LogP contribution in [-0.2, 0) is 0 Å². The van der Waals surface area contributed by atoms with Gasteiger partial charge < -0.3 is 0 Å². The molecule has 0 saturated heterocycles. The van der Waals surface area contributed by atoms with Gasteiger partial charge in [-0.2, -0.15) is 35.1 Å². The maximum Gasteiger partial charge on any atom is 0.424 e. The highest BCUT2D eigenvalue weighted by Crippen LogP contribution is 2.46. The van der Waals surface area contributed by atoms with Gasteiger partial charge in [0, 0.05) is 0 Å². The van der Waals surface area contributed by atoms with Gasteiger partial charge in [0.25, 0.3) is 0 Å². The highest BCUT2D eigenvalue weighted by Gasteiger charge is 2.57. The number of rotatable bonds is 1. The molecule has 0 spiro atoms. The highest BCUT2D eigenvalue weighted by molar-refractivity contribution is 9.10. The molecule has 0 aliphatic heterocycles. The summed E-state index contributed by atoms with van der Waals surface area (Å²) < 4.78 is 106. The van der Waals surface area contributed by atoms with Crippen molar-refractivity contribution in [2.24, 2.45) is 0 Å². The molecule has 0 N–H and O–H groups in total. The molecule has 90 valence electrons. The van der Waals surface area contributed by atoms with Crippen molar-refractivity contribution in [3.63, 3.8) is 0 Å². The topological polar surface area (TPSA) is 0 Å². The van der Waals surface area contributed by atoms with Crippen molar-refractivity contribution >= 4 is 15.9 Å². The van der Waals surface area contributed by atoms with Crippen molar-refractivity contribution in [3.05, 3.63) is 11.4 Å². The van der Waals surface area contributed by atoms with Crippen LogP contribution < -0.4 is 0 Å². The van der Waals surface area contributed by atoms with E-state index in [-0.39, 0.29) is 0 Å². The predicted octanol–water partition coefficient (Wildman–Crippen LogP) is 4.32. The van der Waals surface area contributed by atoms with Crippen LogP contribution >= 0.6 is 15.9 Å². The minimum atomic E-state index is -6.25. The normalized spacial score (nSPS) is 14.0. The zero-order valence-corrected chi connectivity index (χ0v) is 7.87. The molecule has 0 fully saturated rings. The molecule has 0 aromatic carbocycles. The van der Waals surface area contributed by atoms with Gasteiger partial charge in [-0.1, -0.05) is 0 Å². The highest BCUT2D eigenvalue weighted by atomic mass is 79.9. The van der Waals surface area contributed by atoms with Crippen molar-refractivity contribution in [1.82, 2.24) is 0 Å². The Morgan fingerprint density at radius 2 is 1.00 bits per heavy atom. The Kier molecular flexibility index (Phi) is 3.77. The second kappa shape index (κ2) is 3.87. The largest absolute Gasteiger partial charge is 0.424 e. The number of hydrogen-bond donors (Lipinski definition) is 0. The lowest BCUT2D eigenvalue weighted by atomic mass is 10.2. The van der Waals surface area contributed by atoms with E-state index in [0.29, 0.717) is 0 Å². The van der Waals surface area contributed by atoms with Gasteiger partial charge >= 0.3 is 17.2 Å². The quantitative estimate of drug-likeness (QED) is 0.500. The summed E-state index contributed by atoms with van der Waals surface area (Å²) in [5.74, 6) is -3.62. The summed E-state index contributed by atoms with van der Waals surface area (Å²) in [5, 5.41) is 0. The van der Waals surface area contributed by atoms with E-state index in [2.05, 4.69) is 0 Å². The molecule has 0 amide bonds. The Bertz CT molecular complexity index is 248. The Balaban J connectivity index is 5.71. The van der Waals surface area contributed by atoms with E-state index >= 15 is 0 Å². The first-order valence-electron chi connectivity index (χ1n) is 2.89. The number of allylic oxidation sites excluding steroid dienone is 2. The van der Waals surface area contributed by atoms with Crippen molar-refractivity contribution in [2.75, 3.05) is 0 Å². The van der Waals surface area contributed by atoms with Crippen LogP contribution in [0.4, 0.5) is 39.5 Å². The van der Waals surface area contributed by atoms with Gasteiger partial charge in [-0.25, -0.2) is 4.39 Å². The smallest absolute Gasteiger partial charge is 0.203 e. The second-order valence-electron chi connectivity index (χ2n) is 2.18. The van der Waals surface area contributed by atoms with E-state index in [4.69, 9.17) is 0 Å². The fraction of sp³-hybridized carbons (Fsp3) is 0.600. The first-order chi connectivity index (χ1) is 6.28. The Hall–Kier alpha value is -0.410. The molecule has 0 aromatic heterocycles. The third-order valence-electron chi connectivity index (χ3n) is 1.04. The van der Waals surface area contributed by atoms with E-state index in [0.717, 1.165) is 15.9 Å². The fourth-order valence-corrected chi connectivity index (χ4v) is 0.750. The van der Waals surface area contributed by atoms with Gasteiger partial charge in [0.1, 0.15) is 0 Å². The standard InChI is InChI=1S/C5BrF9/c6-3(8,9)2(7)1(4(10,11)12)5(13,14)15. The Labute approximate surface area is 84.9 Å². The summed E-state index contributed by atoms with van der Waals surface area (Å²) in [6.07, 6.45) is -12.5. The summed E-state index contributed by atoms with van der Waals surface area (Å²) in [7, 11) is 0. The van der Waals surface area contributed by atoms with Crippen LogP contribution in [0.2, 0.25) is 0 Å². The number of halogens is 10. The molecule has 0 aliphatic carbocycles. The molecule has 0 nitrogen and oxygen atoms in total. The molecular weight excluding hydrogens is 311 g/mol. The summed E-state index contributed by atoms with van der Waals surface area (Å²) in [5.41, 5.74) is -3.86. The average molecular weight is 311 g/mol. The van der Waals surface area contributed by atoms with Crippen molar-refractivity contribution in [1.29, 1.82) is 0 Å². The summed E-state index contributed by atoms with van der Waals surface area (Å²) >= 11 is 1.06. The van der Waals surface area contributed by atoms with Gasteiger partial charge in [-0.15, -0.1) is 0 Å². The van der Waals surface area contributed by atoms with E-state index < -0.39 is 28.6 Å². The summed E-state index contributed by atoms with van der Waals surface area (Å²) in [6, 6.07) is 0. The monoisotopic (exact) mass is 310 g/mol. The molecule has 0 aliphatic rings. The van der Waals surface area contributed by atoms with Crippen LogP contribution in [0.25, 0.3) is 0 Å². The van der Waals surface area contributed by atoms with Gasteiger partial charge in [-0.05, 0) is 15.9 Å². The zero-order chi connectivity index (χ0) is 12.7. The van der Waals surface area contributed by atoms with Gasteiger partial charge in [0.2, 0.25) is 0 Å². The molecule has 0 unspecified atom stereocenters. The molecule has 0 rings (SSSR count). The first kappa shape index (κ1) is 14.6. The van der Waals surface area contributed by atoms with Crippen molar-refractivity contribution < 1.29 is 39.5 Å².